The lowest BCUT2D eigenvalue weighted by Gasteiger charge is -2.12. The number of ether oxygens (including phenoxy) is 2. The molecule has 118 valence electrons. The molecule has 1 amide bonds. The number of fused-ring (bicyclic) bond motifs is 1. The van der Waals surface area contributed by atoms with Crippen LogP contribution in [0.3, 0.4) is 0 Å². The number of hydrogen-bond acceptors (Lipinski definition) is 4. The van der Waals surface area contributed by atoms with E-state index in [4.69, 9.17) is 21.1 Å². The molecule has 0 saturated carbocycles. The highest BCUT2D eigenvalue weighted by Gasteiger charge is 2.15. The third-order valence-corrected chi connectivity index (χ3v) is 4.80. The van der Waals surface area contributed by atoms with Gasteiger partial charge in [0.2, 0.25) is 0 Å². The van der Waals surface area contributed by atoms with Gasteiger partial charge in [0.15, 0.2) is 11.5 Å². The van der Waals surface area contributed by atoms with Gasteiger partial charge < -0.3 is 14.8 Å². The Morgan fingerprint density at radius 1 is 1.09 bits per heavy atom. The molecule has 0 saturated heterocycles. The second-order valence-corrected chi connectivity index (χ2v) is 6.28. The minimum Gasteiger partial charge on any atom is -0.493 e. The quantitative estimate of drug-likeness (QED) is 0.735. The van der Waals surface area contributed by atoms with Gasteiger partial charge in [-0.15, -0.1) is 11.3 Å². The van der Waals surface area contributed by atoms with E-state index in [9.17, 15) is 4.79 Å². The molecular weight excluding hydrogens is 334 g/mol. The van der Waals surface area contributed by atoms with Gasteiger partial charge in [-0.05, 0) is 17.5 Å². The molecule has 0 unspecified atom stereocenters. The first-order chi connectivity index (χ1) is 11.1. The summed E-state index contributed by atoms with van der Waals surface area (Å²) in [5.74, 6) is 0.807. The van der Waals surface area contributed by atoms with Gasteiger partial charge in [-0.25, -0.2) is 0 Å². The molecule has 0 aliphatic rings. The Bertz CT molecular complexity index is 842. The summed E-state index contributed by atoms with van der Waals surface area (Å²) in [5, 5.41) is 4.25. The van der Waals surface area contributed by atoms with Crippen molar-refractivity contribution in [2.24, 2.45) is 0 Å². The van der Waals surface area contributed by atoms with Crippen molar-refractivity contribution in [3.63, 3.8) is 0 Å². The lowest BCUT2D eigenvalue weighted by atomic mass is 10.2. The zero-order valence-corrected chi connectivity index (χ0v) is 14.1. The SMILES string of the molecule is COc1cc(Cl)c(NC(=O)c2cc3ccccc3s2)cc1OC. The largest absolute Gasteiger partial charge is 0.493 e. The molecule has 2 aromatic carbocycles. The highest BCUT2D eigenvalue weighted by atomic mass is 35.5. The van der Waals surface area contributed by atoms with Crippen LogP contribution in [0.5, 0.6) is 11.5 Å². The molecule has 3 rings (SSSR count). The van der Waals surface area contributed by atoms with Crippen LogP contribution in [0.25, 0.3) is 10.1 Å². The predicted molar refractivity (Wildman–Crippen MR) is 94.3 cm³/mol. The molecule has 0 atom stereocenters. The molecule has 1 aromatic heterocycles. The van der Waals surface area contributed by atoms with Crippen LogP contribution < -0.4 is 14.8 Å². The molecule has 4 nitrogen and oxygen atoms in total. The molecule has 0 bridgehead atoms. The number of carbonyl (C=O) groups excluding carboxylic acids is 1. The number of thiophene rings is 1. The van der Waals surface area contributed by atoms with Crippen LogP contribution in [0.15, 0.2) is 42.5 Å². The van der Waals surface area contributed by atoms with Crippen molar-refractivity contribution < 1.29 is 14.3 Å². The summed E-state index contributed by atoms with van der Waals surface area (Å²) in [7, 11) is 3.06. The van der Waals surface area contributed by atoms with Crippen molar-refractivity contribution >= 4 is 44.6 Å². The van der Waals surface area contributed by atoms with E-state index < -0.39 is 0 Å². The summed E-state index contributed by atoms with van der Waals surface area (Å²) < 4.78 is 11.5. The molecule has 0 fully saturated rings. The summed E-state index contributed by atoms with van der Waals surface area (Å²) in [6.07, 6.45) is 0. The van der Waals surface area contributed by atoms with Gasteiger partial charge in [0.25, 0.3) is 5.91 Å². The van der Waals surface area contributed by atoms with E-state index in [1.165, 1.54) is 25.6 Å². The number of methoxy groups -OCH3 is 2. The van der Waals surface area contributed by atoms with Gasteiger partial charge in [-0.3, -0.25) is 4.79 Å². The normalized spacial score (nSPS) is 10.6. The van der Waals surface area contributed by atoms with Crippen molar-refractivity contribution in [1.29, 1.82) is 0 Å². The van der Waals surface area contributed by atoms with Crippen LogP contribution in [0, 0.1) is 0 Å². The van der Waals surface area contributed by atoms with Gasteiger partial charge >= 0.3 is 0 Å². The van der Waals surface area contributed by atoms with Gasteiger partial charge in [0.1, 0.15) is 0 Å². The fraction of sp³-hybridized carbons (Fsp3) is 0.118. The van der Waals surface area contributed by atoms with Crippen LogP contribution in [-0.4, -0.2) is 20.1 Å². The van der Waals surface area contributed by atoms with Crippen molar-refractivity contribution in [3.05, 3.63) is 52.4 Å². The summed E-state index contributed by atoms with van der Waals surface area (Å²) in [5.41, 5.74) is 0.478. The highest BCUT2D eigenvalue weighted by Crippen LogP contribution is 2.36. The third kappa shape index (κ3) is 3.11. The minimum atomic E-state index is -0.208. The fourth-order valence-electron chi connectivity index (χ4n) is 2.23. The Morgan fingerprint density at radius 2 is 1.78 bits per heavy atom. The van der Waals surface area contributed by atoms with Crippen LogP contribution in [0.4, 0.5) is 5.69 Å². The lowest BCUT2D eigenvalue weighted by molar-refractivity contribution is 0.103. The average Bonchev–Trinajstić information content (AvgIpc) is 3.00. The number of amides is 1. The molecule has 0 spiro atoms. The Balaban J connectivity index is 1.90. The number of hydrogen-bond donors (Lipinski definition) is 1. The van der Waals surface area contributed by atoms with Gasteiger partial charge in [-0.1, -0.05) is 29.8 Å². The molecule has 1 N–H and O–H groups in total. The number of benzene rings is 2. The predicted octanol–water partition coefficient (Wildman–Crippen LogP) is 4.82. The Hall–Kier alpha value is -2.24. The van der Waals surface area contributed by atoms with Crippen LogP contribution in [0.1, 0.15) is 9.67 Å². The first-order valence-corrected chi connectivity index (χ1v) is 8.03. The molecule has 6 heteroatoms. The van der Waals surface area contributed by atoms with E-state index in [-0.39, 0.29) is 5.91 Å². The smallest absolute Gasteiger partial charge is 0.265 e. The van der Waals surface area contributed by atoms with Crippen LogP contribution in [-0.2, 0) is 0 Å². The third-order valence-electron chi connectivity index (χ3n) is 3.37. The molecular formula is C17H14ClNO3S. The molecule has 3 aromatic rings. The molecule has 1 heterocycles. The number of carbonyl (C=O) groups is 1. The van der Waals surface area contributed by atoms with Crippen molar-refractivity contribution in [2.75, 3.05) is 19.5 Å². The molecule has 0 radical (unpaired) electrons. The number of rotatable bonds is 4. The maximum atomic E-state index is 12.5. The van der Waals surface area contributed by atoms with Gasteiger partial charge in [-0.2, -0.15) is 0 Å². The van der Waals surface area contributed by atoms with Crippen molar-refractivity contribution in [1.82, 2.24) is 0 Å². The zero-order chi connectivity index (χ0) is 16.4. The Labute approximate surface area is 142 Å². The van der Waals surface area contributed by atoms with Crippen molar-refractivity contribution in [3.8, 4) is 11.5 Å². The molecule has 23 heavy (non-hydrogen) atoms. The maximum absolute atomic E-state index is 12.5. The minimum absolute atomic E-state index is 0.208. The number of nitrogens with one attached hydrogen (secondary N) is 1. The Morgan fingerprint density at radius 3 is 2.48 bits per heavy atom. The van der Waals surface area contributed by atoms with Gasteiger partial charge in [0, 0.05) is 16.8 Å². The highest BCUT2D eigenvalue weighted by molar-refractivity contribution is 7.20. The summed E-state index contributed by atoms with van der Waals surface area (Å²) in [4.78, 5) is 13.1. The van der Waals surface area contributed by atoms with Crippen molar-refractivity contribution in [2.45, 2.75) is 0 Å². The zero-order valence-electron chi connectivity index (χ0n) is 12.6. The number of halogens is 1. The van der Waals surface area contributed by atoms with Crippen LogP contribution in [0.2, 0.25) is 5.02 Å². The number of anilines is 1. The fourth-order valence-corrected chi connectivity index (χ4v) is 3.39. The first-order valence-electron chi connectivity index (χ1n) is 6.84. The van der Waals surface area contributed by atoms with E-state index in [1.807, 2.05) is 30.3 Å². The lowest BCUT2D eigenvalue weighted by Crippen LogP contribution is -2.10. The second kappa shape index (κ2) is 6.48. The summed E-state index contributed by atoms with van der Waals surface area (Å²) in [6, 6.07) is 13.0. The van der Waals surface area contributed by atoms with E-state index in [1.54, 1.807) is 12.1 Å². The van der Waals surface area contributed by atoms with Gasteiger partial charge in [0.05, 0.1) is 29.8 Å². The maximum Gasteiger partial charge on any atom is 0.265 e. The van der Waals surface area contributed by atoms with Crippen LogP contribution >= 0.6 is 22.9 Å². The van der Waals surface area contributed by atoms with E-state index in [0.717, 1.165) is 10.1 Å². The standard InChI is InChI=1S/C17H14ClNO3S/c1-21-13-8-11(18)12(9-14(13)22-2)19-17(20)16-7-10-5-3-4-6-15(10)23-16/h3-9H,1-2H3,(H,19,20). The Kier molecular flexibility index (Phi) is 4.41. The van der Waals surface area contributed by atoms with E-state index in [0.29, 0.717) is 27.1 Å². The topological polar surface area (TPSA) is 47.6 Å². The summed E-state index contributed by atoms with van der Waals surface area (Å²) in [6.45, 7) is 0. The monoisotopic (exact) mass is 347 g/mol. The van der Waals surface area contributed by atoms with E-state index in [2.05, 4.69) is 5.32 Å². The first kappa shape index (κ1) is 15.6. The average molecular weight is 348 g/mol. The molecule has 0 aliphatic heterocycles. The summed E-state index contributed by atoms with van der Waals surface area (Å²) >= 11 is 7.64. The second-order valence-electron chi connectivity index (χ2n) is 4.79. The van der Waals surface area contributed by atoms with E-state index >= 15 is 0 Å². The molecule has 0 aliphatic carbocycles.